The molecule has 1 aromatic carbocycles. The second kappa shape index (κ2) is 7.63. The first-order valence-electron chi connectivity index (χ1n) is 6.71. The lowest BCUT2D eigenvalue weighted by atomic mass is 10.0. The number of aliphatic hydroxyl groups excluding tert-OH is 1. The average Bonchev–Trinajstić information content (AvgIpc) is 2.34. The van der Waals surface area contributed by atoms with Crippen molar-refractivity contribution in [2.45, 2.75) is 44.8 Å². The highest BCUT2D eigenvalue weighted by molar-refractivity contribution is 5.36. The van der Waals surface area contributed by atoms with Crippen LogP contribution in [-0.4, -0.2) is 30.2 Å². The molecule has 0 heterocycles. The molecule has 3 atom stereocenters. The Bertz CT molecular complexity index is 438. The first-order valence-corrected chi connectivity index (χ1v) is 6.71. The maximum atomic E-state index is 12.4. The summed E-state index contributed by atoms with van der Waals surface area (Å²) in [6.07, 6.45) is -4.79. The number of para-hydroxylation sites is 1. The van der Waals surface area contributed by atoms with Crippen LogP contribution in [0.25, 0.3) is 0 Å². The third kappa shape index (κ3) is 6.33. The number of nitrogens with two attached hydrogens (primary N) is 1. The Balaban J connectivity index is 2.90. The lowest BCUT2D eigenvalue weighted by Gasteiger charge is -2.25. The molecular weight excluding hydrogens is 285 g/mol. The van der Waals surface area contributed by atoms with E-state index in [4.69, 9.17) is 5.73 Å². The van der Waals surface area contributed by atoms with Crippen LogP contribution >= 0.6 is 0 Å². The Morgan fingerprint density at radius 3 is 2.43 bits per heavy atom. The minimum absolute atomic E-state index is 0.0995. The molecule has 0 aromatic heterocycles. The number of hydrogen-bond donors (Lipinski definition) is 3. The summed E-state index contributed by atoms with van der Waals surface area (Å²) in [5.41, 5.74) is 6.00. The van der Waals surface area contributed by atoms with Gasteiger partial charge in [-0.3, -0.25) is 0 Å². The van der Waals surface area contributed by atoms with Crippen LogP contribution in [0.5, 0.6) is 5.75 Å². The number of aliphatic hydroxyl groups is 1. The lowest BCUT2D eigenvalue weighted by molar-refractivity contribution is -0.275. The molecule has 0 aliphatic rings. The summed E-state index contributed by atoms with van der Waals surface area (Å²) >= 11 is 0. The quantitative estimate of drug-likeness (QED) is 0.723. The topological polar surface area (TPSA) is 67.5 Å². The average molecular weight is 306 g/mol. The van der Waals surface area contributed by atoms with Crippen LogP contribution in [0.4, 0.5) is 13.2 Å². The predicted molar refractivity (Wildman–Crippen MR) is 73.8 cm³/mol. The maximum Gasteiger partial charge on any atom is 0.573 e. The molecule has 0 fully saturated rings. The van der Waals surface area contributed by atoms with Gasteiger partial charge >= 0.3 is 6.36 Å². The molecule has 3 unspecified atom stereocenters. The number of alkyl halides is 3. The third-order valence-electron chi connectivity index (χ3n) is 2.94. The highest BCUT2D eigenvalue weighted by Gasteiger charge is 2.33. The van der Waals surface area contributed by atoms with Crippen molar-refractivity contribution >= 4 is 0 Å². The Hall–Kier alpha value is -1.31. The minimum Gasteiger partial charge on any atom is -0.405 e. The summed E-state index contributed by atoms with van der Waals surface area (Å²) in [6.45, 7) is 3.60. The zero-order chi connectivity index (χ0) is 16.0. The number of ether oxygens (including phenoxy) is 1. The molecule has 0 amide bonds. The van der Waals surface area contributed by atoms with E-state index in [9.17, 15) is 18.3 Å². The molecule has 0 saturated carbocycles. The van der Waals surface area contributed by atoms with Crippen LogP contribution in [0, 0.1) is 0 Å². The molecular formula is C14H21F3N2O2. The molecule has 4 nitrogen and oxygen atoms in total. The minimum atomic E-state index is -4.75. The van der Waals surface area contributed by atoms with Gasteiger partial charge in [0.05, 0.1) is 6.10 Å². The zero-order valence-electron chi connectivity index (χ0n) is 12.0. The van der Waals surface area contributed by atoms with E-state index in [1.807, 2.05) is 6.92 Å². The van der Waals surface area contributed by atoms with Gasteiger partial charge in [0.15, 0.2) is 0 Å². The van der Waals surface area contributed by atoms with Crippen LogP contribution < -0.4 is 15.8 Å². The van der Waals surface area contributed by atoms with E-state index in [1.165, 1.54) is 12.1 Å². The molecule has 7 heteroatoms. The molecule has 120 valence electrons. The number of rotatable bonds is 7. The van der Waals surface area contributed by atoms with Crippen molar-refractivity contribution in [2.24, 2.45) is 5.73 Å². The van der Waals surface area contributed by atoms with E-state index in [-0.39, 0.29) is 18.3 Å². The van der Waals surface area contributed by atoms with Gasteiger partial charge in [-0.1, -0.05) is 18.2 Å². The summed E-state index contributed by atoms with van der Waals surface area (Å²) in [4.78, 5) is 0. The summed E-state index contributed by atoms with van der Waals surface area (Å²) in [5, 5.41) is 12.4. The maximum absolute atomic E-state index is 12.4. The Kier molecular flexibility index (Phi) is 6.44. The van der Waals surface area contributed by atoms with E-state index in [0.29, 0.717) is 12.0 Å². The van der Waals surface area contributed by atoms with Gasteiger partial charge in [0, 0.05) is 24.2 Å². The first-order chi connectivity index (χ1) is 9.73. The number of nitrogens with one attached hydrogen (secondary N) is 1. The van der Waals surface area contributed by atoms with Crippen LogP contribution in [0.1, 0.15) is 31.9 Å². The van der Waals surface area contributed by atoms with Crippen LogP contribution in [-0.2, 0) is 0 Å². The fourth-order valence-electron chi connectivity index (χ4n) is 2.19. The molecule has 4 N–H and O–H groups in total. The molecule has 0 aliphatic heterocycles. The fraction of sp³-hybridized carbons (Fsp3) is 0.571. The smallest absolute Gasteiger partial charge is 0.405 e. The van der Waals surface area contributed by atoms with Gasteiger partial charge in [0.2, 0.25) is 0 Å². The Labute approximate surface area is 122 Å². The summed E-state index contributed by atoms with van der Waals surface area (Å²) in [7, 11) is 0. The number of benzene rings is 1. The van der Waals surface area contributed by atoms with E-state index < -0.39 is 18.5 Å². The Morgan fingerprint density at radius 2 is 1.90 bits per heavy atom. The lowest BCUT2D eigenvalue weighted by Crippen LogP contribution is -2.37. The van der Waals surface area contributed by atoms with Gasteiger partial charge in [0.1, 0.15) is 5.75 Å². The molecule has 0 spiro atoms. The summed E-state index contributed by atoms with van der Waals surface area (Å²) in [6, 6.07) is 5.31. The van der Waals surface area contributed by atoms with E-state index in [1.54, 1.807) is 19.1 Å². The van der Waals surface area contributed by atoms with Crippen LogP contribution in [0.3, 0.4) is 0 Å². The summed E-state index contributed by atoms with van der Waals surface area (Å²) in [5.74, 6) is -0.266. The third-order valence-corrected chi connectivity index (χ3v) is 2.94. The van der Waals surface area contributed by atoms with Crippen LogP contribution in [0.2, 0.25) is 0 Å². The van der Waals surface area contributed by atoms with Crippen molar-refractivity contribution in [1.29, 1.82) is 0 Å². The molecule has 1 rings (SSSR count). The SMILES string of the molecule is CC(O)CC(C)NC(CN)c1ccccc1OC(F)(F)F. The van der Waals surface area contributed by atoms with Crippen molar-refractivity contribution < 1.29 is 23.0 Å². The van der Waals surface area contributed by atoms with Crippen molar-refractivity contribution in [3.63, 3.8) is 0 Å². The molecule has 0 bridgehead atoms. The number of halogens is 3. The van der Waals surface area contributed by atoms with Crippen molar-refractivity contribution in [3.05, 3.63) is 29.8 Å². The van der Waals surface area contributed by atoms with Crippen LogP contribution in [0.15, 0.2) is 24.3 Å². The second-order valence-corrected chi connectivity index (χ2v) is 5.03. The standard InChI is InChI=1S/C14H21F3N2O2/c1-9(7-10(2)20)19-12(8-18)11-5-3-4-6-13(11)21-14(15,16)17/h3-6,9-10,12,19-20H,7-8,18H2,1-2H3. The normalized spacial score (nSPS) is 16.3. The van der Waals surface area contributed by atoms with Gasteiger partial charge < -0.3 is 20.9 Å². The van der Waals surface area contributed by atoms with Crippen molar-refractivity contribution in [3.8, 4) is 5.75 Å². The van der Waals surface area contributed by atoms with E-state index in [2.05, 4.69) is 10.1 Å². The molecule has 0 saturated heterocycles. The van der Waals surface area contributed by atoms with Gasteiger partial charge in [-0.2, -0.15) is 0 Å². The highest BCUT2D eigenvalue weighted by Crippen LogP contribution is 2.30. The van der Waals surface area contributed by atoms with Gasteiger partial charge in [-0.25, -0.2) is 0 Å². The number of hydrogen-bond acceptors (Lipinski definition) is 4. The highest BCUT2D eigenvalue weighted by atomic mass is 19.4. The van der Waals surface area contributed by atoms with Crippen molar-refractivity contribution in [1.82, 2.24) is 5.32 Å². The second-order valence-electron chi connectivity index (χ2n) is 5.03. The van der Waals surface area contributed by atoms with E-state index in [0.717, 1.165) is 0 Å². The summed E-state index contributed by atoms with van der Waals surface area (Å²) < 4.78 is 41.3. The van der Waals surface area contributed by atoms with Gasteiger partial charge in [-0.05, 0) is 26.3 Å². The predicted octanol–water partition coefficient (Wildman–Crippen LogP) is 2.33. The monoisotopic (exact) mass is 306 g/mol. The largest absolute Gasteiger partial charge is 0.573 e. The fourth-order valence-corrected chi connectivity index (χ4v) is 2.19. The molecule has 1 aromatic rings. The first kappa shape index (κ1) is 17.7. The van der Waals surface area contributed by atoms with Gasteiger partial charge in [-0.15, -0.1) is 13.2 Å². The molecule has 21 heavy (non-hydrogen) atoms. The molecule has 0 radical (unpaired) electrons. The zero-order valence-corrected chi connectivity index (χ0v) is 12.0. The Morgan fingerprint density at radius 1 is 1.29 bits per heavy atom. The van der Waals surface area contributed by atoms with Gasteiger partial charge in [0.25, 0.3) is 0 Å². The van der Waals surface area contributed by atoms with E-state index >= 15 is 0 Å². The molecule has 0 aliphatic carbocycles. The van der Waals surface area contributed by atoms with Crippen molar-refractivity contribution in [2.75, 3.05) is 6.54 Å².